The van der Waals surface area contributed by atoms with Crippen LogP contribution in [0.25, 0.3) is 0 Å². The maximum absolute atomic E-state index is 13.9. The van der Waals surface area contributed by atoms with Crippen LogP contribution in [0.2, 0.25) is 0 Å². The summed E-state index contributed by atoms with van der Waals surface area (Å²) in [5, 5.41) is 3.18. The van der Waals surface area contributed by atoms with Crippen LogP contribution in [0, 0.1) is 5.82 Å². The topological polar surface area (TPSA) is 41.6 Å². The minimum absolute atomic E-state index is 0.00698. The predicted molar refractivity (Wildman–Crippen MR) is 104 cm³/mol. The smallest absolute Gasteiger partial charge is 0.234 e. The second-order valence-electron chi connectivity index (χ2n) is 6.98. The zero-order valence-corrected chi connectivity index (χ0v) is 16.0. The van der Waals surface area contributed by atoms with E-state index in [1.54, 1.807) is 6.07 Å². The third-order valence-corrected chi connectivity index (χ3v) is 5.14. The predicted octanol–water partition coefficient (Wildman–Crippen LogP) is 3.85. The van der Waals surface area contributed by atoms with Gasteiger partial charge in [0, 0.05) is 6.54 Å². The van der Waals surface area contributed by atoms with E-state index in [0.29, 0.717) is 19.6 Å². The molecule has 2 aromatic rings. The highest BCUT2D eigenvalue weighted by atomic mass is 19.1. The number of fused-ring (bicyclic) bond motifs is 1. The van der Waals surface area contributed by atoms with Gasteiger partial charge in [0.05, 0.1) is 19.7 Å². The average Bonchev–Trinajstić information content (AvgIpc) is 2.68. The van der Waals surface area contributed by atoms with Crippen molar-refractivity contribution in [2.24, 2.45) is 0 Å². The second-order valence-corrected chi connectivity index (χ2v) is 6.98. The number of halogens is 1. The van der Waals surface area contributed by atoms with Crippen molar-refractivity contribution in [2.45, 2.75) is 38.8 Å². The summed E-state index contributed by atoms with van der Waals surface area (Å²) in [7, 11) is 1.45. The molecule has 3 rings (SSSR count). The van der Waals surface area contributed by atoms with E-state index in [0.717, 1.165) is 24.8 Å². The second kappa shape index (κ2) is 9.00. The quantitative estimate of drug-likeness (QED) is 0.805. The summed E-state index contributed by atoms with van der Waals surface area (Å²) in [5.74, 6) is -0.141. The summed E-state index contributed by atoms with van der Waals surface area (Å²) in [6.45, 7) is 3.53. The Morgan fingerprint density at radius 1 is 1.30 bits per heavy atom. The highest BCUT2D eigenvalue weighted by Crippen LogP contribution is 2.29. The van der Waals surface area contributed by atoms with Crippen LogP contribution in [0.4, 0.5) is 4.39 Å². The Hall–Kier alpha value is -2.40. The van der Waals surface area contributed by atoms with Crippen LogP contribution in [-0.2, 0) is 17.8 Å². The van der Waals surface area contributed by atoms with E-state index in [1.807, 2.05) is 24.0 Å². The number of methoxy groups -OCH3 is 1. The first kappa shape index (κ1) is 19.4. The number of hydrogen-bond acceptors (Lipinski definition) is 3. The number of benzene rings is 2. The zero-order chi connectivity index (χ0) is 19.2. The van der Waals surface area contributed by atoms with Crippen LogP contribution in [0.1, 0.15) is 42.5 Å². The molecule has 144 valence electrons. The third-order valence-electron chi connectivity index (χ3n) is 5.14. The molecule has 0 saturated carbocycles. The molecule has 1 atom stereocenters. The van der Waals surface area contributed by atoms with E-state index in [9.17, 15) is 9.18 Å². The molecule has 4 nitrogen and oxygen atoms in total. The fraction of sp³-hybridized carbons (Fsp3) is 0.409. The number of carbonyl (C=O) groups excluding carboxylic acids is 1. The number of rotatable bonds is 7. The Morgan fingerprint density at radius 2 is 2.11 bits per heavy atom. The molecule has 1 aliphatic carbocycles. The van der Waals surface area contributed by atoms with Crippen molar-refractivity contribution in [1.29, 1.82) is 0 Å². The fourth-order valence-electron chi connectivity index (χ4n) is 3.69. The van der Waals surface area contributed by atoms with Crippen molar-refractivity contribution in [3.8, 4) is 5.75 Å². The Bertz CT molecular complexity index is 794. The van der Waals surface area contributed by atoms with Gasteiger partial charge in [0.15, 0.2) is 11.6 Å². The standard InChI is InChI=1S/C22H27FN2O2/c1-3-25(14-16-11-12-21(27-2)19(23)13-16)15-22(26)24-20-10-6-8-17-7-4-5-9-18(17)20/h4-5,7,9,11-13,20H,3,6,8,10,14-15H2,1-2H3,(H,24,26). The normalized spacial score (nSPS) is 16.1. The number of hydrogen-bond donors (Lipinski definition) is 1. The molecule has 0 aromatic heterocycles. The lowest BCUT2D eigenvalue weighted by Crippen LogP contribution is -2.39. The van der Waals surface area contributed by atoms with Gasteiger partial charge in [-0.3, -0.25) is 9.69 Å². The lowest BCUT2D eigenvalue weighted by molar-refractivity contribution is -0.123. The van der Waals surface area contributed by atoms with Gasteiger partial charge in [-0.15, -0.1) is 0 Å². The molecule has 1 unspecified atom stereocenters. The van der Waals surface area contributed by atoms with Gasteiger partial charge >= 0.3 is 0 Å². The van der Waals surface area contributed by atoms with Crippen molar-refractivity contribution < 1.29 is 13.9 Å². The molecule has 2 aromatic carbocycles. The van der Waals surface area contributed by atoms with Gasteiger partial charge in [-0.1, -0.05) is 37.3 Å². The van der Waals surface area contributed by atoms with Gasteiger partial charge in [0.1, 0.15) is 0 Å². The van der Waals surface area contributed by atoms with E-state index in [-0.39, 0.29) is 23.5 Å². The van der Waals surface area contributed by atoms with E-state index >= 15 is 0 Å². The lowest BCUT2D eigenvalue weighted by atomic mass is 9.88. The van der Waals surface area contributed by atoms with Gasteiger partial charge in [-0.05, 0) is 54.6 Å². The fourth-order valence-corrected chi connectivity index (χ4v) is 3.69. The third kappa shape index (κ3) is 4.86. The molecule has 1 aliphatic rings. The minimum Gasteiger partial charge on any atom is -0.494 e. The van der Waals surface area contributed by atoms with Gasteiger partial charge in [-0.25, -0.2) is 4.39 Å². The van der Waals surface area contributed by atoms with Crippen molar-refractivity contribution in [3.05, 3.63) is 65.0 Å². The van der Waals surface area contributed by atoms with Crippen molar-refractivity contribution in [1.82, 2.24) is 10.2 Å². The number of nitrogens with one attached hydrogen (secondary N) is 1. The summed E-state index contributed by atoms with van der Waals surface area (Å²) in [6.07, 6.45) is 3.13. The Kier molecular flexibility index (Phi) is 6.45. The van der Waals surface area contributed by atoms with Crippen LogP contribution in [0.3, 0.4) is 0 Å². The van der Waals surface area contributed by atoms with Crippen LogP contribution >= 0.6 is 0 Å². The number of ether oxygens (including phenoxy) is 1. The number of nitrogens with zero attached hydrogens (tertiary/aromatic N) is 1. The first-order chi connectivity index (χ1) is 13.1. The van der Waals surface area contributed by atoms with Gasteiger partial charge < -0.3 is 10.1 Å². The molecule has 0 saturated heterocycles. The summed E-state index contributed by atoms with van der Waals surface area (Å²) >= 11 is 0. The molecule has 1 amide bonds. The molecule has 0 fully saturated rings. The largest absolute Gasteiger partial charge is 0.494 e. The molecule has 0 radical (unpaired) electrons. The first-order valence-corrected chi connectivity index (χ1v) is 9.52. The van der Waals surface area contributed by atoms with Crippen LogP contribution in [-0.4, -0.2) is 31.0 Å². The Labute approximate surface area is 160 Å². The Morgan fingerprint density at radius 3 is 2.85 bits per heavy atom. The van der Waals surface area contributed by atoms with Crippen LogP contribution < -0.4 is 10.1 Å². The molecule has 0 bridgehead atoms. The van der Waals surface area contributed by atoms with Crippen molar-refractivity contribution in [3.63, 3.8) is 0 Å². The number of carbonyl (C=O) groups is 1. The first-order valence-electron chi connectivity index (χ1n) is 9.52. The van der Waals surface area contributed by atoms with E-state index in [1.165, 1.54) is 24.3 Å². The zero-order valence-electron chi connectivity index (χ0n) is 16.0. The monoisotopic (exact) mass is 370 g/mol. The maximum Gasteiger partial charge on any atom is 0.234 e. The number of likely N-dealkylation sites (N-methyl/N-ethyl adjacent to an activating group) is 1. The molecule has 0 spiro atoms. The SMILES string of the molecule is CCN(CC(=O)NC1CCCc2ccccc21)Cc1ccc(OC)c(F)c1. The minimum atomic E-state index is -0.380. The van der Waals surface area contributed by atoms with E-state index < -0.39 is 0 Å². The lowest BCUT2D eigenvalue weighted by Gasteiger charge is -2.28. The summed E-state index contributed by atoms with van der Waals surface area (Å²) in [5.41, 5.74) is 3.39. The maximum atomic E-state index is 13.9. The van der Waals surface area contributed by atoms with Gasteiger partial charge in [0.2, 0.25) is 5.91 Å². The molecule has 0 heterocycles. The summed E-state index contributed by atoms with van der Waals surface area (Å²) in [4.78, 5) is 14.6. The molecule has 1 N–H and O–H groups in total. The summed E-state index contributed by atoms with van der Waals surface area (Å²) in [6, 6.07) is 13.3. The van der Waals surface area contributed by atoms with Gasteiger partial charge in [0.25, 0.3) is 0 Å². The van der Waals surface area contributed by atoms with Crippen LogP contribution in [0.15, 0.2) is 42.5 Å². The molecule has 27 heavy (non-hydrogen) atoms. The van der Waals surface area contributed by atoms with Crippen molar-refractivity contribution in [2.75, 3.05) is 20.2 Å². The summed E-state index contributed by atoms with van der Waals surface area (Å²) < 4.78 is 18.9. The molecule has 5 heteroatoms. The Balaban J connectivity index is 1.60. The van der Waals surface area contributed by atoms with Crippen LogP contribution in [0.5, 0.6) is 5.75 Å². The average molecular weight is 370 g/mol. The van der Waals surface area contributed by atoms with Crippen molar-refractivity contribution >= 4 is 5.91 Å². The molecular formula is C22H27FN2O2. The highest BCUT2D eigenvalue weighted by molar-refractivity contribution is 5.78. The highest BCUT2D eigenvalue weighted by Gasteiger charge is 2.22. The number of amides is 1. The molecular weight excluding hydrogens is 343 g/mol. The van der Waals surface area contributed by atoms with E-state index in [4.69, 9.17) is 4.74 Å². The molecule has 0 aliphatic heterocycles. The van der Waals surface area contributed by atoms with Gasteiger partial charge in [-0.2, -0.15) is 0 Å². The van der Waals surface area contributed by atoms with E-state index in [2.05, 4.69) is 23.5 Å². The number of aryl methyl sites for hydroxylation is 1.